The summed E-state index contributed by atoms with van der Waals surface area (Å²) in [5.41, 5.74) is 0.733. The molecule has 5 heteroatoms. The van der Waals surface area contributed by atoms with Crippen molar-refractivity contribution in [2.75, 3.05) is 12.9 Å². The summed E-state index contributed by atoms with van der Waals surface area (Å²) in [5.74, 6) is 3.17. The summed E-state index contributed by atoms with van der Waals surface area (Å²) in [7, 11) is 1.29. The molecule has 2 atom stereocenters. The van der Waals surface area contributed by atoms with E-state index in [0.717, 1.165) is 5.56 Å². The monoisotopic (exact) mass is 279 g/mol. The predicted octanol–water partition coefficient (Wildman–Crippen LogP) is 2.16. The second kappa shape index (κ2) is 8.46. The van der Waals surface area contributed by atoms with Gasteiger partial charge in [0, 0.05) is 12.2 Å². The van der Waals surface area contributed by atoms with E-state index in [1.807, 2.05) is 18.2 Å². The van der Waals surface area contributed by atoms with Gasteiger partial charge < -0.3 is 15.2 Å². The van der Waals surface area contributed by atoms with Crippen LogP contribution in [0.4, 0.5) is 4.79 Å². The van der Waals surface area contributed by atoms with Gasteiger partial charge in [0.15, 0.2) is 0 Å². The van der Waals surface area contributed by atoms with Crippen LogP contribution in [0.5, 0.6) is 0 Å². The smallest absolute Gasteiger partial charge is 0.407 e. The zero-order valence-electron chi connectivity index (χ0n) is 10.7. The van der Waals surface area contributed by atoms with Crippen molar-refractivity contribution in [1.82, 2.24) is 5.32 Å². The Hall–Kier alpha value is -1.64. The molecule has 0 bridgehead atoms. The molecule has 1 rings (SSSR count). The number of aliphatic hydroxyl groups excluding tert-OH is 1. The molecule has 0 saturated heterocycles. The van der Waals surface area contributed by atoms with Crippen LogP contribution in [0.25, 0.3) is 0 Å². The average Bonchev–Trinajstić information content (AvgIpc) is 2.46. The standard InChI is InChI=1S/C14H17NO3S/c1-3-4-10-19-13(15-14(17)18-2)12(16)11-8-6-5-7-9-11/h1,5-9,12-13,16H,4,10H2,2H3,(H,15,17)/t12?,13-/m0/s1. The van der Waals surface area contributed by atoms with E-state index in [4.69, 9.17) is 6.42 Å². The first kappa shape index (κ1) is 15.4. The molecule has 0 aliphatic carbocycles. The number of benzene rings is 1. The van der Waals surface area contributed by atoms with Crippen molar-refractivity contribution in [3.63, 3.8) is 0 Å². The van der Waals surface area contributed by atoms with Crippen molar-refractivity contribution >= 4 is 17.9 Å². The number of hydrogen-bond acceptors (Lipinski definition) is 4. The highest BCUT2D eigenvalue weighted by Gasteiger charge is 2.23. The lowest BCUT2D eigenvalue weighted by atomic mass is 10.1. The lowest BCUT2D eigenvalue weighted by molar-refractivity contribution is 0.139. The van der Waals surface area contributed by atoms with Crippen LogP contribution < -0.4 is 5.32 Å². The van der Waals surface area contributed by atoms with Gasteiger partial charge in [-0.15, -0.1) is 24.1 Å². The minimum absolute atomic E-state index is 0.497. The summed E-state index contributed by atoms with van der Waals surface area (Å²) in [6.45, 7) is 0. The third-order valence-electron chi connectivity index (χ3n) is 2.42. The van der Waals surface area contributed by atoms with Crippen LogP contribution in [0.1, 0.15) is 18.1 Å². The number of amides is 1. The fraction of sp³-hybridized carbons (Fsp3) is 0.357. The van der Waals surface area contributed by atoms with Crippen molar-refractivity contribution in [3.05, 3.63) is 35.9 Å². The normalized spacial score (nSPS) is 13.1. The van der Waals surface area contributed by atoms with Crippen LogP contribution in [-0.2, 0) is 4.74 Å². The molecule has 0 spiro atoms. The number of alkyl carbamates (subject to hydrolysis) is 1. The van der Waals surface area contributed by atoms with E-state index in [-0.39, 0.29) is 0 Å². The van der Waals surface area contributed by atoms with Gasteiger partial charge in [-0.3, -0.25) is 0 Å². The summed E-state index contributed by atoms with van der Waals surface area (Å²) in [5, 5.41) is 12.4. The van der Waals surface area contributed by atoms with E-state index < -0.39 is 17.6 Å². The molecule has 0 radical (unpaired) electrons. The Bertz CT molecular complexity index is 430. The Morgan fingerprint density at radius 3 is 2.79 bits per heavy atom. The number of carbonyl (C=O) groups is 1. The zero-order valence-corrected chi connectivity index (χ0v) is 11.5. The van der Waals surface area contributed by atoms with Gasteiger partial charge >= 0.3 is 6.09 Å². The number of rotatable bonds is 6. The largest absolute Gasteiger partial charge is 0.453 e. The molecule has 2 N–H and O–H groups in total. The Morgan fingerprint density at radius 2 is 2.21 bits per heavy atom. The topological polar surface area (TPSA) is 58.6 Å². The molecule has 102 valence electrons. The maximum absolute atomic E-state index is 11.3. The molecule has 1 aromatic rings. The number of methoxy groups -OCH3 is 1. The van der Waals surface area contributed by atoms with Crippen LogP contribution in [0.2, 0.25) is 0 Å². The van der Waals surface area contributed by atoms with E-state index in [9.17, 15) is 9.90 Å². The zero-order chi connectivity index (χ0) is 14.1. The molecule has 1 amide bonds. The number of hydrogen-bond donors (Lipinski definition) is 2. The Morgan fingerprint density at radius 1 is 1.53 bits per heavy atom. The molecule has 0 aliphatic rings. The van der Waals surface area contributed by atoms with Crippen molar-refractivity contribution in [2.45, 2.75) is 17.9 Å². The fourth-order valence-corrected chi connectivity index (χ4v) is 2.47. The van der Waals surface area contributed by atoms with Gasteiger partial charge in [0.25, 0.3) is 0 Å². The highest BCUT2D eigenvalue weighted by Crippen LogP contribution is 2.25. The first-order chi connectivity index (χ1) is 9.19. The van der Waals surface area contributed by atoms with Crippen LogP contribution in [-0.4, -0.2) is 29.4 Å². The lowest BCUT2D eigenvalue weighted by Gasteiger charge is -2.23. The SMILES string of the molecule is C#CCCS[C@H](NC(=O)OC)C(O)c1ccccc1. The van der Waals surface area contributed by atoms with Crippen molar-refractivity contribution in [1.29, 1.82) is 0 Å². The third-order valence-corrected chi connectivity index (χ3v) is 3.59. The first-order valence-corrected chi connectivity index (χ1v) is 6.86. The lowest BCUT2D eigenvalue weighted by Crippen LogP contribution is -2.37. The Labute approximate surface area is 117 Å². The maximum Gasteiger partial charge on any atom is 0.407 e. The summed E-state index contributed by atoms with van der Waals surface area (Å²) in [6, 6.07) is 9.14. The molecule has 0 saturated carbocycles. The van der Waals surface area contributed by atoms with Gasteiger partial charge in [0.05, 0.1) is 7.11 Å². The number of ether oxygens (including phenoxy) is 1. The molecule has 0 aliphatic heterocycles. The van der Waals surface area contributed by atoms with Gasteiger partial charge in [-0.1, -0.05) is 30.3 Å². The summed E-state index contributed by atoms with van der Waals surface area (Å²) in [6.07, 6.45) is 4.37. The molecule has 1 unspecified atom stereocenters. The Kier molecular flexibility index (Phi) is 6.86. The summed E-state index contributed by atoms with van der Waals surface area (Å²) in [4.78, 5) is 11.3. The van der Waals surface area contributed by atoms with E-state index in [0.29, 0.717) is 12.2 Å². The number of aliphatic hydroxyl groups is 1. The van der Waals surface area contributed by atoms with Gasteiger partial charge in [0.1, 0.15) is 11.5 Å². The second-order valence-corrected chi connectivity index (χ2v) is 4.99. The molecule has 0 aromatic heterocycles. The molecule has 19 heavy (non-hydrogen) atoms. The van der Waals surface area contributed by atoms with E-state index >= 15 is 0 Å². The van der Waals surface area contributed by atoms with Crippen molar-refractivity contribution in [2.24, 2.45) is 0 Å². The average molecular weight is 279 g/mol. The first-order valence-electron chi connectivity index (χ1n) is 5.81. The molecular weight excluding hydrogens is 262 g/mol. The number of nitrogens with one attached hydrogen (secondary N) is 1. The van der Waals surface area contributed by atoms with Crippen molar-refractivity contribution < 1.29 is 14.6 Å². The van der Waals surface area contributed by atoms with Crippen molar-refractivity contribution in [3.8, 4) is 12.3 Å². The number of terminal acetylenes is 1. The quantitative estimate of drug-likeness (QED) is 0.476. The highest BCUT2D eigenvalue weighted by atomic mass is 32.2. The summed E-state index contributed by atoms with van der Waals surface area (Å²) < 4.78 is 4.56. The van der Waals surface area contributed by atoms with Crippen LogP contribution in [0.3, 0.4) is 0 Å². The second-order valence-electron chi connectivity index (χ2n) is 3.74. The van der Waals surface area contributed by atoms with Gasteiger partial charge in [0.2, 0.25) is 0 Å². The molecule has 0 fully saturated rings. The molecule has 4 nitrogen and oxygen atoms in total. The maximum atomic E-state index is 11.3. The predicted molar refractivity (Wildman–Crippen MR) is 76.6 cm³/mol. The van der Waals surface area contributed by atoms with E-state index in [1.165, 1.54) is 18.9 Å². The van der Waals surface area contributed by atoms with Gasteiger partial charge in [-0.25, -0.2) is 4.79 Å². The third kappa shape index (κ3) is 5.25. The van der Waals surface area contributed by atoms with Crippen LogP contribution >= 0.6 is 11.8 Å². The highest BCUT2D eigenvalue weighted by molar-refractivity contribution is 7.99. The minimum atomic E-state index is -0.817. The molecular formula is C14H17NO3S. The van der Waals surface area contributed by atoms with Crippen LogP contribution in [0, 0.1) is 12.3 Å². The molecule has 0 heterocycles. The Balaban J connectivity index is 2.71. The summed E-state index contributed by atoms with van der Waals surface area (Å²) >= 11 is 1.39. The number of thioether (sulfide) groups is 1. The van der Waals surface area contributed by atoms with Gasteiger partial charge in [-0.05, 0) is 5.56 Å². The minimum Gasteiger partial charge on any atom is -0.453 e. The molecule has 1 aromatic carbocycles. The van der Waals surface area contributed by atoms with E-state index in [1.54, 1.807) is 12.1 Å². The number of carbonyl (C=O) groups excluding carboxylic acids is 1. The fourth-order valence-electron chi connectivity index (χ4n) is 1.46. The van der Waals surface area contributed by atoms with E-state index in [2.05, 4.69) is 16.0 Å². The van der Waals surface area contributed by atoms with Crippen LogP contribution in [0.15, 0.2) is 30.3 Å². The van der Waals surface area contributed by atoms with Gasteiger partial charge in [-0.2, -0.15) is 0 Å².